The van der Waals surface area contributed by atoms with Crippen LogP contribution in [0.25, 0.3) is 22.0 Å². The standard InChI is InChI=1S/C16H13F2N3/c17-16(18)15-9-14(21-19)12-8-11(6-7-13(12)20-15)10-4-2-1-3-5-10/h1-9,16H,19H2,(H,20,21). The fourth-order valence-electron chi connectivity index (χ4n) is 2.29. The Morgan fingerprint density at radius 3 is 2.38 bits per heavy atom. The SMILES string of the molecule is NNc1cc(C(F)F)nc2ccc(-c3ccccc3)cc12. The van der Waals surface area contributed by atoms with E-state index in [0.29, 0.717) is 16.6 Å². The van der Waals surface area contributed by atoms with E-state index in [0.717, 1.165) is 11.1 Å². The van der Waals surface area contributed by atoms with Crippen molar-refractivity contribution in [3.05, 3.63) is 60.3 Å². The molecule has 3 N–H and O–H groups in total. The summed E-state index contributed by atoms with van der Waals surface area (Å²) in [5, 5.41) is 0.711. The first-order valence-electron chi connectivity index (χ1n) is 6.44. The maximum absolute atomic E-state index is 12.8. The molecule has 0 spiro atoms. The summed E-state index contributed by atoms with van der Waals surface area (Å²) in [6.07, 6.45) is -2.63. The molecule has 0 saturated carbocycles. The molecule has 0 bridgehead atoms. The minimum atomic E-state index is -2.63. The summed E-state index contributed by atoms with van der Waals surface area (Å²) in [5.41, 5.74) is 5.13. The van der Waals surface area contributed by atoms with Gasteiger partial charge in [-0.05, 0) is 29.3 Å². The van der Waals surface area contributed by atoms with E-state index in [-0.39, 0.29) is 5.69 Å². The van der Waals surface area contributed by atoms with Crippen molar-refractivity contribution in [1.82, 2.24) is 4.98 Å². The van der Waals surface area contributed by atoms with Gasteiger partial charge in [0.2, 0.25) is 0 Å². The van der Waals surface area contributed by atoms with Crippen molar-refractivity contribution in [2.24, 2.45) is 5.84 Å². The summed E-state index contributed by atoms with van der Waals surface area (Å²) >= 11 is 0. The number of nitrogens with zero attached hydrogens (tertiary/aromatic N) is 1. The molecule has 3 rings (SSSR count). The second kappa shape index (κ2) is 5.46. The Hall–Kier alpha value is -2.53. The number of benzene rings is 2. The third-order valence-electron chi connectivity index (χ3n) is 3.31. The van der Waals surface area contributed by atoms with E-state index in [4.69, 9.17) is 5.84 Å². The van der Waals surface area contributed by atoms with Crippen LogP contribution >= 0.6 is 0 Å². The van der Waals surface area contributed by atoms with Gasteiger partial charge in [-0.3, -0.25) is 5.84 Å². The van der Waals surface area contributed by atoms with Crippen LogP contribution in [-0.4, -0.2) is 4.98 Å². The number of nitrogens with one attached hydrogen (secondary N) is 1. The highest BCUT2D eigenvalue weighted by molar-refractivity contribution is 5.94. The lowest BCUT2D eigenvalue weighted by atomic mass is 10.0. The number of pyridine rings is 1. The number of anilines is 1. The largest absolute Gasteiger partial charge is 0.323 e. The quantitative estimate of drug-likeness (QED) is 0.562. The fraction of sp³-hybridized carbons (Fsp3) is 0.0625. The van der Waals surface area contributed by atoms with Gasteiger partial charge in [0.1, 0.15) is 5.69 Å². The van der Waals surface area contributed by atoms with Gasteiger partial charge in [0.15, 0.2) is 0 Å². The zero-order chi connectivity index (χ0) is 14.8. The van der Waals surface area contributed by atoms with Crippen molar-refractivity contribution >= 4 is 16.6 Å². The summed E-state index contributed by atoms with van der Waals surface area (Å²) in [6, 6.07) is 16.6. The number of hydrazine groups is 1. The van der Waals surface area contributed by atoms with Crippen LogP contribution in [0, 0.1) is 0 Å². The molecule has 5 heteroatoms. The van der Waals surface area contributed by atoms with Crippen molar-refractivity contribution in [3.63, 3.8) is 0 Å². The number of nitrogens with two attached hydrogens (primary N) is 1. The lowest BCUT2D eigenvalue weighted by molar-refractivity contribution is 0.146. The Morgan fingerprint density at radius 1 is 0.952 bits per heavy atom. The Kier molecular flexibility index (Phi) is 3.50. The van der Waals surface area contributed by atoms with Gasteiger partial charge in [-0.15, -0.1) is 0 Å². The van der Waals surface area contributed by atoms with Gasteiger partial charge >= 0.3 is 0 Å². The summed E-state index contributed by atoms with van der Waals surface area (Å²) in [7, 11) is 0. The van der Waals surface area contributed by atoms with Crippen molar-refractivity contribution in [1.29, 1.82) is 0 Å². The normalized spacial score (nSPS) is 11.0. The number of aromatic nitrogens is 1. The van der Waals surface area contributed by atoms with Crippen molar-refractivity contribution < 1.29 is 8.78 Å². The highest BCUT2D eigenvalue weighted by Gasteiger charge is 2.13. The lowest BCUT2D eigenvalue weighted by Gasteiger charge is -2.10. The average Bonchev–Trinajstić information content (AvgIpc) is 2.54. The monoisotopic (exact) mass is 285 g/mol. The zero-order valence-corrected chi connectivity index (χ0v) is 11.1. The van der Waals surface area contributed by atoms with Crippen molar-refractivity contribution in [3.8, 4) is 11.1 Å². The molecule has 0 aliphatic rings. The van der Waals surface area contributed by atoms with Crippen LogP contribution in [0.2, 0.25) is 0 Å². The van der Waals surface area contributed by atoms with Crippen LogP contribution in [-0.2, 0) is 0 Å². The first kappa shape index (κ1) is 13.5. The number of hydrogen-bond acceptors (Lipinski definition) is 3. The van der Waals surface area contributed by atoms with Gasteiger partial charge in [-0.1, -0.05) is 36.4 Å². The predicted octanol–water partition coefficient (Wildman–Crippen LogP) is 4.13. The highest BCUT2D eigenvalue weighted by Crippen LogP contribution is 2.30. The van der Waals surface area contributed by atoms with Crippen molar-refractivity contribution in [2.45, 2.75) is 6.43 Å². The number of hydrogen-bond donors (Lipinski definition) is 2. The third kappa shape index (κ3) is 2.55. The van der Waals surface area contributed by atoms with E-state index in [1.807, 2.05) is 42.5 Å². The third-order valence-corrected chi connectivity index (χ3v) is 3.31. The summed E-state index contributed by atoms with van der Waals surface area (Å²) < 4.78 is 25.6. The molecular weight excluding hydrogens is 272 g/mol. The van der Waals surface area contributed by atoms with Gasteiger partial charge in [0.05, 0.1) is 11.2 Å². The van der Waals surface area contributed by atoms with E-state index < -0.39 is 6.43 Å². The number of fused-ring (bicyclic) bond motifs is 1. The molecule has 21 heavy (non-hydrogen) atoms. The fourth-order valence-corrected chi connectivity index (χ4v) is 2.29. The summed E-state index contributed by atoms with van der Waals surface area (Å²) in [6.45, 7) is 0. The molecule has 0 fully saturated rings. The molecule has 0 unspecified atom stereocenters. The molecule has 106 valence electrons. The summed E-state index contributed by atoms with van der Waals surface area (Å²) in [4.78, 5) is 3.97. The first-order chi connectivity index (χ1) is 10.2. The van der Waals surface area contributed by atoms with E-state index in [2.05, 4.69) is 10.4 Å². The van der Waals surface area contributed by atoms with E-state index in [9.17, 15) is 8.78 Å². The van der Waals surface area contributed by atoms with Crippen LogP contribution in [0.4, 0.5) is 14.5 Å². The molecular formula is C16H13F2N3. The molecule has 3 nitrogen and oxygen atoms in total. The predicted molar refractivity (Wildman–Crippen MR) is 79.9 cm³/mol. The van der Waals surface area contributed by atoms with E-state index in [1.165, 1.54) is 6.07 Å². The molecule has 0 aliphatic heterocycles. The average molecular weight is 285 g/mol. The molecule has 0 atom stereocenters. The van der Waals surface area contributed by atoms with E-state index >= 15 is 0 Å². The van der Waals surface area contributed by atoms with Gasteiger partial charge in [-0.2, -0.15) is 0 Å². The van der Waals surface area contributed by atoms with Gasteiger partial charge < -0.3 is 5.43 Å². The van der Waals surface area contributed by atoms with Gasteiger partial charge in [0, 0.05) is 5.39 Å². The zero-order valence-electron chi connectivity index (χ0n) is 11.1. The molecule has 1 aromatic heterocycles. The molecule has 0 saturated heterocycles. The van der Waals surface area contributed by atoms with Crippen LogP contribution < -0.4 is 11.3 Å². The van der Waals surface area contributed by atoms with Crippen LogP contribution in [0.15, 0.2) is 54.6 Å². The number of alkyl halides is 2. The van der Waals surface area contributed by atoms with Gasteiger partial charge in [-0.25, -0.2) is 13.8 Å². The Labute approximate surface area is 120 Å². The topological polar surface area (TPSA) is 50.9 Å². The Morgan fingerprint density at radius 2 is 1.71 bits per heavy atom. The first-order valence-corrected chi connectivity index (χ1v) is 6.44. The molecule has 0 aliphatic carbocycles. The number of halogens is 2. The maximum atomic E-state index is 12.8. The molecule has 0 radical (unpaired) electrons. The smallest absolute Gasteiger partial charge is 0.280 e. The Bertz CT molecular complexity index is 773. The van der Waals surface area contributed by atoms with Gasteiger partial charge in [0.25, 0.3) is 6.43 Å². The number of nitrogen functional groups attached to an aromatic ring is 1. The maximum Gasteiger partial charge on any atom is 0.280 e. The highest BCUT2D eigenvalue weighted by atomic mass is 19.3. The van der Waals surface area contributed by atoms with Crippen LogP contribution in [0.3, 0.4) is 0 Å². The minimum Gasteiger partial charge on any atom is -0.323 e. The molecule has 0 amide bonds. The second-order valence-electron chi connectivity index (χ2n) is 4.64. The molecule has 2 aromatic carbocycles. The van der Waals surface area contributed by atoms with Crippen molar-refractivity contribution in [2.75, 3.05) is 5.43 Å². The Balaban J connectivity index is 2.20. The molecule has 3 aromatic rings. The minimum absolute atomic E-state index is 0.289. The molecule has 1 heterocycles. The van der Waals surface area contributed by atoms with Crippen LogP contribution in [0.5, 0.6) is 0 Å². The van der Waals surface area contributed by atoms with E-state index in [1.54, 1.807) is 6.07 Å². The lowest BCUT2D eigenvalue weighted by Crippen LogP contribution is -2.08. The summed E-state index contributed by atoms with van der Waals surface area (Å²) in [5.74, 6) is 5.45. The van der Waals surface area contributed by atoms with Crippen LogP contribution in [0.1, 0.15) is 12.1 Å². The second-order valence-corrected chi connectivity index (χ2v) is 4.64. The number of rotatable bonds is 3.